The zero-order chi connectivity index (χ0) is 30.0. The quantitative estimate of drug-likeness (QED) is 0.187. The third-order valence-corrected chi connectivity index (χ3v) is 10.7. The predicted molar refractivity (Wildman–Crippen MR) is 189 cm³/mol. The lowest BCUT2D eigenvalue weighted by atomic mass is 9.70. The van der Waals surface area contributed by atoms with E-state index in [2.05, 4.69) is 158 Å². The van der Waals surface area contributed by atoms with Crippen molar-refractivity contribution in [2.75, 3.05) is 0 Å². The highest BCUT2D eigenvalue weighted by Gasteiger charge is 2.52. The summed E-state index contributed by atoms with van der Waals surface area (Å²) in [5.41, 5.74) is 15.1. The lowest BCUT2D eigenvalue weighted by molar-refractivity contribution is 0.487. The molecular weight excluding hydrogens is 556 g/mol. The van der Waals surface area contributed by atoms with E-state index in [1.165, 1.54) is 77.2 Å². The molecule has 0 amide bonds. The lowest BCUT2D eigenvalue weighted by Crippen LogP contribution is -2.25. The van der Waals surface area contributed by atoms with E-state index in [1.54, 1.807) is 0 Å². The summed E-state index contributed by atoms with van der Waals surface area (Å²) in [6.45, 7) is 0. The van der Waals surface area contributed by atoms with Gasteiger partial charge in [-0.2, -0.15) is 0 Å². The first-order valence-electron chi connectivity index (χ1n) is 16.0. The Hall–Kier alpha value is -5.92. The second-order valence-corrected chi connectivity index (χ2v) is 12.8. The molecule has 11 rings (SSSR count). The summed E-state index contributed by atoms with van der Waals surface area (Å²) in [5, 5.41) is 4.99. The van der Waals surface area contributed by atoms with Gasteiger partial charge in [-0.05, 0) is 102 Å². The maximum absolute atomic E-state index is 6.58. The van der Waals surface area contributed by atoms with Crippen molar-refractivity contribution in [2.24, 2.45) is 0 Å². The summed E-state index contributed by atoms with van der Waals surface area (Å²) in [5.74, 6) is 1.83. The number of rotatable bonds is 1. The van der Waals surface area contributed by atoms with Crippen LogP contribution in [0.3, 0.4) is 0 Å². The van der Waals surface area contributed by atoms with Crippen molar-refractivity contribution in [3.8, 4) is 56.0 Å². The molecule has 0 aromatic heterocycles. The van der Waals surface area contributed by atoms with Gasteiger partial charge < -0.3 is 4.74 Å². The summed E-state index contributed by atoms with van der Waals surface area (Å²) < 4.78 is 6.58. The molecule has 1 unspecified atom stereocenters. The van der Waals surface area contributed by atoms with Gasteiger partial charge in [-0.15, -0.1) is 0 Å². The molecule has 3 aliphatic rings. The topological polar surface area (TPSA) is 9.23 Å². The molecule has 0 saturated heterocycles. The summed E-state index contributed by atoms with van der Waals surface area (Å²) in [6, 6.07) is 58.3. The molecule has 1 aliphatic heterocycles. The molecule has 1 heteroatoms. The van der Waals surface area contributed by atoms with E-state index in [1.807, 2.05) is 0 Å². The van der Waals surface area contributed by atoms with Gasteiger partial charge in [0.25, 0.3) is 0 Å². The first-order valence-corrected chi connectivity index (χ1v) is 16.0. The Morgan fingerprint density at radius 3 is 1.91 bits per heavy atom. The van der Waals surface area contributed by atoms with Gasteiger partial charge in [0, 0.05) is 10.9 Å². The Morgan fingerprint density at radius 1 is 0.370 bits per heavy atom. The van der Waals surface area contributed by atoms with Crippen molar-refractivity contribution in [2.45, 2.75) is 5.41 Å². The summed E-state index contributed by atoms with van der Waals surface area (Å²) in [7, 11) is 0. The van der Waals surface area contributed by atoms with Crippen LogP contribution in [0.5, 0.6) is 11.5 Å². The van der Waals surface area contributed by atoms with Crippen LogP contribution in [0, 0.1) is 0 Å². The summed E-state index contributed by atoms with van der Waals surface area (Å²) in [4.78, 5) is 0. The largest absolute Gasteiger partial charge is 0.456 e. The van der Waals surface area contributed by atoms with E-state index in [0.717, 1.165) is 22.6 Å². The summed E-state index contributed by atoms with van der Waals surface area (Å²) >= 11 is 0. The van der Waals surface area contributed by atoms with Crippen LogP contribution in [-0.2, 0) is 5.41 Å². The molecule has 0 N–H and O–H groups in total. The molecule has 46 heavy (non-hydrogen) atoms. The molecule has 0 saturated carbocycles. The van der Waals surface area contributed by atoms with E-state index in [4.69, 9.17) is 4.74 Å². The standard InChI is InChI=1S/C45H26O/c1-2-12-31-27(9-1)21-24-39-44(31)36-14-4-6-17-38(36)45(39)37-16-5-3-13-32(37)33-22-19-29(25-40(33)45)30-20-23-34-35-15-7-10-28-11-8-18-41(43(28)35)46-42(34)26-30/h1-26H. The van der Waals surface area contributed by atoms with E-state index in [-0.39, 0.29) is 0 Å². The zero-order valence-corrected chi connectivity index (χ0v) is 24.9. The normalized spacial score (nSPS) is 16.1. The Morgan fingerprint density at radius 2 is 1.02 bits per heavy atom. The maximum atomic E-state index is 6.58. The Kier molecular flexibility index (Phi) is 4.57. The molecule has 1 heterocycles. The van der Waals surface area contributed by atoms with Crippen LogP contribution >= 0.6 is 0 Å². The number of benzene rings is 8. The Bertz CT molecular complexity index is 2620. The van der Waals surface area contributed by atoms with Gasteiger partial charge in [-0.3, -0.25) is 0 Å². The van der Waals surface area contributed by atoms with Crippen LogP contribution < -0.4 is 4.74 Å². The third-order valence-electron chi connectivity index (χ3n) is 10.7. The molecule has 2 aliphatic carbocycles. The number of ether oxygens (including phenoxy) is 1. The number of hydrogen-bond acceptors (Lipinski definition) is 1. The molecule has 1 atom stereocenters. The lowest BCUT2D eigenvalue weighted by Gasteiger charge is -2.31. The van der Waals surface area contributed by atoms with Crippen molar-refractivity contribution in [1.82, 2.24) is 0 Å². The van der Waals surface area contributed by atoms with Gasteiger partial charge >= 0.3 is 0 Å². The number of hydrogen-bond donors (Lipinski definition) is 0. The molecule has 0 fully saturated rings. The highest BCUT2D eigenvalue weighted by molar-refractivity contribution is 6.07. The molecular formula is C45H26O. The van der Waals surface area contributed by atoms with Crippen LogP contribution in [0.2, 0.25) is 0 Å². The van der Waals surface area contributed by atoms with Crippen molar-refractivity contribution >= 4 is 21.5 Å². The number of fused-ring (bicyclic) bond motifs is 14. The Balaban J connectivity index is 1.17. The van der Waals surface area contributed by atoms with Gasteiger partial charge in [0.05, 0.1) is 5.41 Å². The van der Waals surface area contributed by atoms with E-state index in [0.29, 0.717) is 0 Å². The van der Waals surface area contributed by atoms with Gasteiger partial charge in [-0.1, -0.05) is 133 Å². The van der Waals surface area contributed by atoms with Crippen molar-refractivity contribution in [3.63, 3.8) is 0 Å². The molecule has 8 aromatic carbocycles. The third kappa shape index (κ3) is 2.91. The minimum absolute atomic E-state index is 0.392. The molecule has 8 aromatic rings. The molecule has 0 radical (unpaired) electrons. The monoisotopic (exact) mass is 582 g/mol. The second kappa shape index (κ2) is 8.62. The van der Waals surface area contributed by atoms with Crippen LogP contribution in [0.25, 0.3) is 66.1 Å². The fraction of sp³-hybridized carbons (Fsp3) is 0.0222. The van der Waals surface area contributed by atoms with Crippen molar-refractivity contribution < 1.29 is 4.74 Å². The van der Waals surface area contributed by atoms with E-state index in [9.17, 15) is 0 Å². The molecule has 0 bridgehead atoms. The average Bonchev–Trinajstić information content (AvgIpc) is 3.59. The first kappa shape index (κ1) is 24.4. The van der Waals surface area contributed by atoms with Crippen LogP contribution in [0.4, 0.5) is 0 Å². The smallest absolute Gasteiger partial charge is 0.135 e. The second-order valence-electron chi connectivity index (χ2n) is 12.8. The van der Waals surface area contributed by atoms with Gasteiger partial charge in [0.2, 0.25) is 0 Å². The fourth-order valence-electron chi connectivity index (χ4n) is 8.83. The fourth-order valence-corrected chi connectivity index (χ4v) is 8.83. The zero-order valence-electron chi connectivity index (χ0n) is 24.9. The first-order chi connectivity index (χ1) is 22.8. The van der Waals surface area contributed by atoms with Crippen LogP contribution in [0.1, 0.15) is 22.3 Å². The van der Waals surface area contributed by atoms with Crippen LogP contribution in [0.15, 0.2) is 158 Å². The molecule has 1 nitrogen and oxygen atoms in total. The minimum Gasteiger partial charge on any atom is -0.456 e. The maximum Gasteiger partial charge on any atom is 0.135 e. The van der Waals surface area contributed by atoms with E-state index >= 15 is 0 Å². The molecule has 212 valence electrons. The van der Waals surface area contributed by atoms with Crippen molar-refractivity contribution in [3.05, 3.63) is 180 Å². The van der Waals surface area contributed by atoms with E-state index < -0.39 is 5.41 Å². The van der Waals surface area contributed by atoms with Crippen LogP contribution in [-0.4, -0.2) is 0 Å². The highest BCUT2D eigenvalue weighted by Crippen LogP contribution is 2.64. The van der Waals surface area contributed by atoms with Gasteiger partial charge in [0.1, 0.15) is 11.5 Å². The van der Waals surface area contributed by atoms with Gasteiger partial charge in [-0.25, -0.2) is 0 Å². The average molecular weight is 583 g/mol. The molecule has 1 spiro atoms. The predicted octanol–water partition coefficient (Wildman–Crippen LogP) is 11.8. The Labute approximate surface area is 267 Å². The van der Waals surface area contributed by atoms with Gasteiger partial charge in [0.15, 0.2) is 0 Å². The summed E-state index contributed by atoms with van der Waals surface area (Å²) in [6.07, 6.45) is 0. The SMILES string of the molecule is c1ccc2c(c1)-c1ccc(-c3ccc4c(c3)Oc3cccc5cccc-4c35)cc1C21c2ccccc2-c2c1ccc1ccccc21. The minimum atomic E-state index is -0.392. The highest BCUT2D eigenvalue weighted by atomic mass is 16.5. The van der Waals surface area contributed by atoms with Crippen molar-refractivity contribution in [1.29, 1.82) is 0 Å².